The highest BCUT2D eigenvalue weighted by Crippen LogP contribution is 2.32. The summed E-state index contributed by atoms with van der Waals surface area (Å²) >= 11 is 11.4. The summed E-state index contributed by atoms with van der Waals surface area (Å²) in [5, 5.41) is 0.965. The molecule has 0 heterocycles. The molecule has 0 N–H and O–H groups in total. The molecule has 0 aliphatic carbocycles. The van der Waals surface area contributed by atoms with Crippen LogP contribution in [0, 0.1) is 53.5 Å². The van der Waals surface area contributed by atoms with E-state index in [4.69, 9.17) is 23.2 Å². The Morgan fingerprint density at radius 3 is 1.19 bits per heavy atom. The topological polar surface area (TPSA) is 0 Å². The Morgan fingerprint density at radius 2 is 0.797 bits per heavy atom. The molecular weight excluding hydrogens is 952 g/mol. The van der Waals surface area contributed by atoms with Crippen molar-refractivity contribution in [3.8, 4) is 0 Å². The lowest BCUT2D eigenvalue weighted by atomic mass is 10.00. The molecule has 378 valence electrons. The van der Waals surface area contributed by atoms with Crippen LogP contribution in [0.1, 0.15) is 163 Å². The molecule has 69 heavy (non-hydrogen) atoms. The molecule has 0 amide bonds. The molecule has 13 heteroatoms. The molecule has 0 bridgehead atoms. The summed E-state index contributed by atoms with van der Waals surface area (Å²) in [7, 11) is 0. The average Bonchev–Trinajstić information content (AvgIpc) is 3.21. The standard InChI is InChI=1S/C10H10F4.C10H12F2.2C9H10ClF.C9H10F2.C9H11F/c1-6(2)8-5-7(10(12,13)14)3-4-9(8)11;1-6(2)10-8(11)4-7(3)5-9(10)12;1-6(2)8-4-3-7(10)5-9(8)11;1-6(2)9-7(10)4-3-5-8(9)11;1-6(2)8-4-3-7(10)5-9(8)11;1-7(2)8-5-3-4-6-9(8)10/h3-6H,1-2H3;4-6H,1-3H3;3*3-6H,1-2H3;3-7H,1-2H3. The minimum Gasteiger partial charge on any atom is -0.207 e. The van der Waals surface area contributed by atoms with Crippen molar-refractivity contribution in [2.24, 2.45) is 0 Å². The van der Waals surface area contributed by atoms with E-state index in [1.54, 1.807) is 65.0 Å². The van der Waals surface area contributed by atoms with Gasteiger partial charge < -0.3 is 0 Å². The Hall–Kier alpha value is -4.87. The van der Waals surface area contributed by atoms with Crippen LogP contribution in [-0.4, -0.2) is 0 Å². The smallest absolute Gasteiger partial charge is 0.207 e. The van der Waals surface area contributed by atoms with Crippen molar-refractivity contribution in [3.63, 3.8) is 0 Å². The number of alkyl halides is 3. The molecule has 0 aliphatic rings. The molecule has 6 aromatic carbocycles. The zero-order chi connectivity index (χ0) is 53.1. The number of rotatable bonds is 6. The molecule has 6 rings (SSSR count). The van der Waals surface area contributed by atoms with E-state index in [1.165, 1.54) is 42.5 Å². The van der Waals surface area contributed by atoms with Crippen LogP contribution in [0.2, 0.25) is 10.0 Å². The first-order chi connectivity index (χ1) is 31.9. The fourth-order valence-corrected chi connectivity index (χ4v) is 6.91. The predicted octanol–water partition coefficient (Wildman–Crippen LogP) is 20.6. The summed E-state index contributed by atoms with van der Waals surface area (Å²) in [5.74, 6) is -2.60. The van der Waals surface area contributed by atoms with Crippen LogP contribution in [0.5, 0.6) is 0 Å². The van der Waals surface area contributed by atoms with Gasteiger partial charge in [0.25, 0.3) is 0 Å². The number of halogens is 13. The molecule has 0 aliphatic heterocycles. The SMILES string of the molecule is CC(C)c1c(F)cccc1Cl.CC(C)c1cc(C(F)(F)F)ccc1F.CC(C)c1ccc(Cl)cc1F.CC(C)c1ccc(F)cc1F.CC(C)c1ccccc1F.Cc1cc(F)c(C(C)C)c(F)c1. The Balaban J connectivity index is 0.000000415. The van der Waals surface area contributed by atoms with Gasteiger partial charge >= 0.3 is 6.18 Å². The van der Waals surface area contributed by atoms with Gasteiger partial charge in [-0.25, -0.2) is 35.1 Å². The van der Waals surface area contributed by atoms with Gasteiger partial charge in [0.15, 0.2) is 0 Å². The van der Waals surface area contributed by atoms with Gasteiger partial charge in [0.2, 0.25) is 0 Å². The Kier molecular flexibility index (Phi) is 26.4. The fraction of sp³-hybridized carbons (Fsp3) is 0.357. The maximum absolute atomic E-state index is 13.1. The van der Waals surface area contributed by atoms with Gasteiger partial charge in [0.05, 0.1) is 5.56 Å². The summed E-state index contributed by atoms with van der Waals surface area (Å²) in [5.41, 5.74) is 2.77. The second kappa shape index (κ2) is 29.3. The highest BCUT2D eigenvalue weighted by molar-refractivity contribution is 6.31. The van der Waals surface area contributed by atoms with Gasteiger partial charge in [-0.1, -0.05) is 143 Å². The Labute approximate surface area is 411 Å². The van der Waals surface area contributed by atoms with Gasteiger partial charge in [0.1, 0.15) is 46.5 Å². The third-order valence-corrected chi connectivity index (χ3v) is 10.6. The highest BCUT2D eigenvalue weighted by atomic mass is 35.5. The largest absolute Gasteiger partial charge is 0.416 e. The van der Waals surface area contributed by atoms with E-state index in [0.717, 1.165) is 35.4 Å². The van der Waals surface area contributed by atoms with Crippen molar-refractivity contribution in [1.82, 2.24) is 0 Å². The van der Waals surface area contributed by atoms with Crippen LogP contribution in [0.25, 0.3) is 0 Å². The average molecular weight is 1020 g/mol. The zero-order valence-electron chi connectivity index (χ0n) is 41.3. The van der Waals surface area contributed by atoms with Crippen molar-refractivity contribution in [2.75, 3.05) is 0 Å². The van der Waals surface area contributed by atoms with E-state index in [2.05, 4.69) is 0 Å². The summed E-state index contributed by atoms with van der Waals surface area (Å²) in [6, 6.07) is 25.3. The summed E-state index contributed by atoms with van der Waals surface area (Å²) < 4.78 is 140. The van der Waals surface area contributed by atoms with Gasteiger partial charge in [-0.15, -0.1) is 0 Å². The lowest BCUT2D eigenvalue weighted by molar-refractivity contribution is -0.137. The quantitative estimate of drug-likeness (QED) is 0.146. The third kappa shape index (κ3) is 21.3. The molecule has 0 atom stereocenters. The van der Waals surface area contributed by atoms with Crippen molar-refractivity contribution in [2.45, 2.75) is 132 Å². The summed E-state index contributed by atoms with van der Waals surface area (Å²) in [6.45, 7) is 24.0. The maximum Gasteiger partial charge on any atom is 0.416 e. The monoisotopic (exact) mass is 1010 g/mol. The first-order valence-electron chi connectivity index (χ1n) is 22.3. The van der Waals surface area contributed by atoms with Crippen LogP contribution in [0.4, 0.5) is 48.3 Å². The molecule has 0 unspecified atom stereocenters. The molecule has 0 spiro atoms. The van der Waals surface area contributed by atoms with Gasteiger partial charge in [-0.2, -0.15) is 13.2 Å². The van der Waals surface area contributed by atoms with Crippen molar-refractivity contribution in [3.05, 3.63) is 210 Å². The van der Waals surface area contributed by atoms with Gasteiger partial charge in [-0.05, 0) is 137 Å². The van der Waals surface area contributed by atoms with Crippen LogP contribution >= 0.6 is 23.2 Å². The zero-order valence-corrected chi connectivity index (χ0v) is 42.8. The molecule has 0 aromatic heterocycles. The highest BCUT2D eigenvalue weighted by Gasteiger charge is 2.31. The Morgan fingerprint density at radius 1 is 0.362 bits per heavy atom. The van der Waals surface area contributed by atoms with Crippen LogP contribution < -0.4 is 0 Å². The summed E-state index contributed by atoms with van der Waals surface area (Å²) in [4.78, 5) is 0. The van der Waals surface area contributed by atoms with Crippen molar-refractivity contribution in [1.29, 1.82) is 0 Å². The summed E-state index contributed by atoms with van der Waals surface area (Å²) in [6.07, 6.45) is -4.41. The normalized spacial score (nSPS) is 11.0. The lowest BCUT2D eigenvalue weighted by Gasteiger charge is -2.11. The molecule has 6 aromatic rings. The minimum absolute atomic E-state index is 0.0971. The van der Waals surface area contributed by atoms with Crippen molar-refractivity contribution < 1.29 is 48.3 Å². The van der Waals surface area contributed by atoms with E-state index >= 15 is 0 Å². The second-order valence-electron chi connectivity index (χ2n) is 17.8. The number of benzene rings is 6. The fourth-order valence-electron chi connectivity index (χ4n) is 6.37. The van der Waals surface area contributed by atoms with Gasteiger partial charge in [0, 0.05) is 27.2 Å². The molecule has 0 saturated carbocycles. The Bertz CT molecular complexity index is 2390. The van der Waals surface area contributed by atoms with E-state index in [1.807, 2.05) is 67.5 Å². The van der Waals surface area contributed by atoms with Crippen LogP contribution in [0.15, 0.2) is 109 Å². The molecule has 0 saturated heterocycles. The van der Waals surface area contributed by atoms with E-state index in [0.29, 0.717) is 26.7 Å². The lowest BCUT2D eigenvalue weighted by Crippen LogP contribution is -2.06. The number of hydrogen-bond acceptors (Lipinski definition) is 0. The second-order valence-corrected chi connectivity index (χ2v) is 18.6. The first kappa shape index (κ1) is 62.1. The molecule has 0 nitrogen and oxygen atoms in total. The van der Waals surface area contributed by atoms with E-state index in [9.17, 15) is 48.3 Å². The van der Waals surface area contributed by atoms with E-state index in [-0.39, 0.29) is 64.1 Å². The third-order valence-electron chi connectivity index (χ3n) is 10.0. The van der Waals surface area contributed by atoms with Crippen LogP contribution in [-0.2, 0) is 6.18 Å². The minimum atomic E-state index is -4.41. The maximum atomic E-state index is 13.1. The number of hydrogen-bond donors (Lipinski definition) is 0. The molecule has 0 fully saturated rings. The van der Waals surface area contributed by atoms with E-state index < -0.39 is 40.8 Å². The predicted molar refractivity (Wildman–Crippen MR) is 263 cm³/mol. The molecule has 0 radical (unpaired) electrons. The first-order valence-corrected chi connectivity index (χ1v) is 23.1. The molecular formula is C56H63Cl2F11. The van der Waals surface area contributed by atoms with Gasteiger partial charge in [-0.3, -0.25) is 0 Å². The number of aryl methyl sites for hydroxylation is 1. The van der Waals surface area contributed by atoms with Crippen LogP contribution in [0.3, 0.4) is 0 Å². The van der Waals surface area contributed by atoms with Crippen molar-refractivity contribution >= 4 is 23.2 Å².